The molecule has 4 nitrogen and oxygen atoms in total. The zero-order chi connectivity index (χ0) is 10.9. The van der Waals surface area contributed by atoms with E-state index in [2.05, 4.69) is 5.10 Å². The van der Waals surface area contributed by atoms with Crippen LogP contribution in [-0.4, -0.2) is 27.0 Å². The van der Waals surface area contributed by atoms with E-state index < -0.39 is 24.4 Å². The Kier molecular flexibility index (Phi) is 3.02. The molecule has 0 radical (unpaired) electrons. The normalized spacial score (nSPS) is 11.7. The SMILES string of the molecule is O=C(O)c1cc(I)n(CC(F)(F)F)n1. The van der Waals surface area contributed by atoms with Gasteiger partial charge in [0, 0.05) is 6.07 Å². The maximum absolute atomic E-state index is 11.9. The molecule has 0 aromatic carbocycles. The molecule has 0 atom stereocenters. The third-order valence-corrected chi connectivity index (χ3v) is 2.15. The molecule has 0 aliphatic rings. The van der Waals surface area contributed by atoms with Gasteiger partial charge in [-0.15, -0.1) is 0 Å². The van der Waals surface area contributed by atoms with Gasteiger partial charge in [-0.25, -0.2) is 9.48 Å². The van der Waals surface area contributed by atoms with E-state index in [1.54, 1.807) is 22.6 Å². The highest BCUT2D eigenvalue weighted by molar-refractivity contribution is 14.1. The second-order valence-corrected chi connectivity index (χ2v) is 3.54. The van der Waals surface area contributed by atoms with E-state index in [4.69, 9.17) is 5.11 Å². The molecule has 78 valence electrons. The predicted molar refractivity (Wildman–Crippen MR) is 48.0 cm³/mol. The molecule has 0 saturated carbocycles. The first-order chi connectivity index (χ1) is 6.29. The molecule has 1 aromatic heterocycles. The van der Waals surface area contributed by atoms with E-state index in [1.807, 2.05) is 0 Å². The maximum atomic E-state index is 11.9. The summed E-state index contributed by atoms with van der Waals surface area (Å²) in [6.45, 7) is -1.28. The van der Waals surface area contributed by atoms with Crippen molar-refractivity contribution in [2.75, 3.05) is 0 Å². The number of alkyl halides is 3. The monoisotopic (exact) mass is 320 g/mol. The third kappa shape index (κ3) is 2.86. The van der Waals surface area contributed by atoms with Gasteiger partial charge in [-0.05, 0) is 22.6 Å². The van der Waals surface area contributed by atoms with Crippen molar-refractivity contribution in [2.24, 2.45) is 0 Å². The molecule has 1 N–H and O–H groups in total. The first-order valence-corrected chi connectivity index (χ1v) is 4.41. The molecular formula is C6H4F3IN2O2. The first-order valence-electron chi connectivity index (χ1n) is 3.33. The van der Waals surface area contributed by atoms with Crippen LogP contribution >= 0.6 is 22.6 Å². The highest BCUT2D eigenvalue weighted by atomic mass is 127. The van der Waals surface area contributed by atoms with Crippen molar-refractivity contribution in [3.63, 3.8) is 0 Å². The smallest absolute Gasteiger partial charge is 0.408 e. The molecule has 0 amide bonds. The Morgan fingerprint density at radius 3 is 2.57 bits per heavy atom. The summed E-state index contributed by atoms with van der Waals surface area (Å²) < 4.78 is 36.5. The summed E-state index contributed by atoms with van der Waals surface area (Å²) in [7, 11) is 0. The van der Waals surface area contributed by atoms with E-state index in [9.17, 15) is 18.0 Å². The van der Waals surface area contributed by atoms with E-state index in [0.29, 0.717) is 4.68 Å². The lowest BCUT2D eigenvalue weighted by atomic mass is 10.5. The maximum Gasteiger partial charge on any atom is 0.408 e. The average Bonchev–Trinajstić information content (AvgIpc) is 2.29. The molecule has 0 bridgehead atoms. The van der Waals surface area contributed by atoms with Crippen LogP contribution in [-0.2, 0) is 6.54 Å². The topological polar surface area (TPSA) is 55.1 Å². The Morgan fingerprint density at radius 2 is 2.21 bits per heavy atom. The summed E-state index contributed by atoms with van der Waals surface area (Å²) in [6, 6.07) is 1.08. The minimum absolute atomic E-state index is 0.136. The quantitative estimate of drug-likeness (QED) is 0.845. The minimum atomic E-state index is -4.40. The van der Waals surface area contributed by atoms with E-state index >= 15 is 0 Å². The lowest BCUT2D eigenvalue weighted by Crippen LogP contribution is -2.19. The second-order valence-electron chi connectivity index (χ2n) is 2.43. The van der Waals surface area contributed by atoms with Crippen LogP contribution in [0.5, 0.6) is 0 Å². The number of hydrogen-bond acceptors (Lipinski definition) is 2. The van der Waals surface area contributed by atoms with Crippen LogP contribution < -0.4 is 0 Å². The summed E-state index contributed by atoms with van der Waals surface area (Å²) in [5, 5.41) is 11.7. The van der Waals surface area contributed by atoms with Gasteiger partial charge >= 0.3 is 12.1 Å². The number of hydrogen-bond donors (Lipinski definition) is 1. The van der Waals surface area contributed by atoms with Gasteiger partial charge in [-0.2, -0.15) is 18.3 Å². The minimum Gasteiger partial charge on any atom is -0.476 e. The van der Waals surface area contributed by atoms with Gasteiger partial charge in [0.1, 0.15) is 10.2 Å². The van der Waals surface area contributed by atoms with Gasteiger partial charge in [-0.3, -0.25) is 0 Å². The van der Waals surface area contributed by atoms with E-state index in [1.165, 1.54) is 0 Å². The molecule has 0 fully saturated rings. The van der Waals surface area contributed by atoms with Crippen LogP contribution in [0.25, 0.3) is 0 Å². The van der Waals surface area contributed by atoms with Crippen molar-refractivity contribution in [1.29, 1.82) is 0 Å². The highest BCUT2D eigenvalue weighted by Crippen LogP contribution is 2.19. The standard InChI is InChI=1S/C6H4F3IN2O2/c7-6(8,9)2-12-4(10)1-3(11-12)5(13)14/h1H,2H2,(H,13,14). The number of carboxylic acid groups (broad SMARTS) is 1. The molecule has 1 rings (SSSR count). The molecule has 0 unspecified atom stereocenters. The number of carboxylic acids is 1. The van der Waals surface area contributed by atoms with E-state index in [0.717, 1.165) is 6.07 Å². The Balaban J connectivity index is 2.94. The molecule has 0 spiro atoms. The second kappa shape index (κ2) is 3.75. The molecule has 1 aromatic rings. The van der Waals surface area contributed by atoms with Crippen LogP contribution in [0.2, 0.25) is 0 Å². The number of nitrogens with zero attached hydrogens (tertiary/aromatic N) is 2. The zero-order valence-corrected chi connectivity index (χ0v) is 8.70. The van der Waals surface area contributed by atoms with Crippen LogP contribution in [0.15, 0.2) is 6.07 Å². The molecule has 14 heavy (non-hydrogen) atoms. The molecule has 0 saturated heterocycles. The molecule has 0 aliphatic heterocycles. The Morgan fingerprint density at radius 1 is 1.64 bits per heavy atom. The molecule has 0 aliphatic carbocycles. The number of rotatable bonds is 2. The van der Waals surface area contributed by atoms with Gasteiger partial charge < -0.3 is 5.11 Å². The van der Waals surface area contributed by atoms with Crippen LogP contribution in [0.4, 0.5) is 13.2 Å². The van der Waals surface area contributed by atoms with Crippen molar-refractivity contribution in [2.45, 2.75) is 12.7 Å². The summed E-state index contributed by atoms with van der Waals surface area (Å²) in [5.74, 6) is -1.34. The number of aromatic nitrogens is 2. The predicted octanol–water partition coefficient (Wildman–Crippen LogP) is 1.75. The Bertz CT molecular complexity index is 360. The van der Waals surface area contributed by atoms with Crippen LogP contribution in [0.1, 0.15) is 10.5 Å². The van der Waals surface area contributed by atoms with Crippen molar-refractivity contribution in [1.82, 2.24) is 9.78 Å². The van der Waals surface area contributed by atoms with Crippen molar-refractivity contribution in [3.05, 3.63) is 15.5 Å². The lowest BCUT2D eigenvalue weighted by molar-refractivity contribution is -0.143. The van der Waals surface area contributed by atoms with Crippen molar-refractivity contribution in [3.8, 4) is 0 Å². The van der Waals surface area contributed by atoms with Crippen molar-refractivity contribution >= 4 is 28.6 Å². The van der Waals surface area contributed by atoms with Crippen LogP contribution in [0, 0.1) is 3.70 Å². The van der Waals surface area contributed by atoms with Crippen LogP contribution in [0.3, 0.4) is 0 Å². The van der Waals surface area contributed by atoms with Gasteiger partial charge in [0.2, 0.25) is 0 Å². The fourth-order valence-electron chi connectivity index (χ4n) is 0.779. The lowest BCUT2D eigenvalue weighted by Gasteiger charge is -2.06. The third-order valence-electron chi connectivity index (χ3n) is 1.28. The first kappa shape index (κ1) is 11.3. The molecule has 8 heteroatoms. The average molecular weight is 320 g/mol. The Hall–Kier alpha value is -0.800. The van der Waals surface area contributed by atoms with Gasteiger partial charge in [0.05, 0.1) is 0 Å². The largest absolute Gasteiger partial charge is 0.476 e. The molecular weight excluding hydrogens is 316 g/mol. The van der Waals surface area contributed by atoms with Gasteiger partial charge in [0.15, 0.2) is 5.69 Å². The van der Waals surface area contributed by atoms with Crippen molar-refractivity contribution < 1.29 is 23.1 Å². The van der Waals surface area contributed by atoms with Gasteiger partial charge in [-0.1, -0.05) is 0 Å². The fourth-order valence-corrected chi connectivity index (χ4v) is 1.35. The zero-order valence-electron chi connectivity index (χ0n) is 6.55. The van der Waals surface area contributed by atoms with Gasteiger partial charge in [0.25, 0.3) is 0 Å². The number of halogens is 4. The summed E-state index contributed by atoms with van der Waals surface area (Å²) in [6.07, 6.45) is -4.40. The number of aromatic carboxylic acids is 1. The highest BCUT2D eigenvalue weighted by Gasteiger charge is 2.30. The fraction of sp³-hybridized carbons (Fsp3) is 0.333. The van der Waals surface area contributed by atoms with E-state index in [-0.39, 0.29) is 3.70 Å². The summed E-state index contributed by atoms with van der Waals surface area (Å²) in [5.41, 5.74) is -0.390. The summed E-state index contributed by atoms with van der Waals surface area (Å²) >= 11 is 1.59. The molecule has 1 heterocycles. The number of carbonyl (C=O) groups is 1. The Labute approximate surface area is 89.8 Å². The summed E-state index contributed by atoms with van der Waals surface area (Å²) in [4.78, 5) is 10.4.